The Balaban J connectivity index is 1.79. The van der Waals surface area contributed by atoms with Crippen molar-refractivity contribution in [1.82, 2.24) is 14.7 Å². The lowest BCUT2D eigenvalue weighted by molar-refractivity contribution is -0.123. The van der Waals surface area contributed by atoms with E-state index >= 15 is 0 Å². The molecule has 1 aromatic carbocycles. The summed E-state index contributed by atoms with van der Waals surface area (Å²) in [7, 11) is 0. The molecule has 3 atom stereocenters. The van der Waals surface area contributed by atoms with Crippen molar-refractivity contribution in [2.45, 2.75) is 58.5 Å². The first kappa shape index (κ1) is 34.6. The van der Waals surface area contributed by atoms with Gasteiger partial charge in [-0.1, -0.05) is 46.1 Å². The van der Waals surface area contributed by atoms with Crippen LogP contribution in [0.5, 0.6) is 0 Å². The Bertz CT molecular complexity index is 1310. The molecular formula is C35H45F3N4O2. The van der Waals surface area contributed by atoms with Crippen LogP contribution in [0.3, 0.4) is 0 Å². The molecule has 0 aromatic heterocycles. The van der Waals surface area contributed by atoms with E-state index in [0.717, 1.165) is 12.5 Å². The highest BCUT2D eigenvalue weighted by Gasteiger charge is 2.35. The molecule has 1 aromatic rings. The largest absolute Gasteiger partial charge is 0.337 e. The highest BCUT2D eigenvalue weighted by Crippen LogP contribution is 2.30. The van der Waals surface area contributed by atoms with E-state index in [2.05, 4.69) is 45.2 Å². The molecule has 0 bridgehead atoms. The number of urea groups is 1. The molecule has 2 heterocycles. The topological polar surface area (TPSA) is 56.2 Å². The second-order valence-corrected chi connectivity index (χ2v) is 11.9. The molecule has 9 heteroatoms. The third kappa shape index (κ3) is 8.39. The Morgan fingerprint density at radius 2 is 1.80 bits per heavy atom. The number of carbonyl (C=O) groups excluding carboxylic acids is 2. The molecule has 1 fully saturated rings. The summed E-state index contributed by atoms with van der Waals surface area (Å²) in [6, 6.07) is 1.52. The van der Waals surface area contributed by atoms with Gasteiger partial charge in [-0.05, 0) is 72.4 Å². The van der Waals surface area contributed by atoms with Crippen molar-refractivity contribution >= 4 is 17.6 Å². The van der Waals surface area contributed by atoms with E-state index < -0.39 is 35.5 Å². The Labute approximate surface area is 260 Å². The van der Waals surface area contributed by atoms with Crippen molar-refractivity contribution in [3.05, 3.63) is 96.9 Å². The number of aliphatic imine (C=N–C) groups is 1. The maximum absolute atomic E-state index is 15.0. The molecule has 3 rings (SSSR count). The third-order valence-electron chi connectivity index (χ3n) is 8.27. The van der Waals surface area contributed by atoms with Gasteiger partial charge in [-0.2, -0.15) is 0 Å². The maximum atomic E-state index is 15.0. The van der Waals surface area contributed by atoms with Crippen LogP contribution in [0.25, 0.3) is 0 Å². The van der Waals surface area contributed by atoms with Crippen molar-refractivity contribution < 1.29 is 22.8 Å². The van der Waals surface area contributed by atoms with Crippen LogP contribution in [-0.2, 0) is 4.79 Å². The summed E-state index contributed by atoms with van der Waals surface area (Å²) < 4.78 is 43.2. The first-order valence-electron chi connectivity index (χ1n) is 15.3. The number of hydrogen-bond acceptors (Lipinski definition) is 3. The summed E-state index contributed by atoms with van der Waals surface area (Å²) in [4.78, 5) is 36.5. The highest BCUT2D eigenvalue weighted by molar-refractivity contribution is 6.45. The number of carbonyl (C=O) groups is 2. The van der Waals surface area contributed by atoms with Gasteiger partial charge >= 0.3 is 6.03 Å². The van der Waals surface area contributed by atoms with Crippen LogP contribution < -0.4 is 0 Å². The zero-order valence-electron chi connectivity index (χ0n) is 26.2. The predicted molar refractivity (Wildman–Crippen MR) is 171 cm³/mol. The number of benzene rings is 1. The van der Waals surface area contributed by atoms with Gasteiger partial charge in [0.1, 0.15) is 11.6 Å². The minimum Gasteiger partial charge on any atom is -0.337 e. The van der Waals surface area contributed by atoms with Crippen molar-refractivity contribution in [1.29, 1.82) is 0 Å². The second-order valence-electron chi connectivity index (χ2n) is 11.9. The average Bonchev–Trinajstić information content (AvgIpc) is 3.47. The van der Waals surface area contributed by atoms with E-state index in [4.69, 9.17) is 0 Å². The summed E-state index contributed by atoms with van der Waals surface area (Å²) in [5.74, 6) is -1.82. The lowest BCUT2D eigenvalue weighted by atomic mass is 9.95. The summed E-state index contributed by atoms with van der Waals surface area (Å²) in [6.45, 7) is 23.8. The zero-order valence-corrected chi connectivity index (χ0v) is 26.2. The fourth-order valence-electron chi connectivity index (χ4n) is 5.78. The van der Waals surface area contributed by atoms with E-state index in [0.29, 0.717) is 61.0 Å². The summed E-state index contributed by atoms with van der Waals surface area (Å²) in [5, 5.41) is 0. The quantitative estimate of drug-likeness (QED) is 0.204. The normalized spacial score (nSPS) is 18.9. The molecule has 238 valence electrons. The minimum absolute atomic E-state index is 0.143. The number of dihydropyridines is 1. The Morgan fingerprint density at radius 3 is 2.36 bits per heavy atom. The van der Waals surface area contributed by atoms with Gasteiger partial charge in [0.05, 0.1) is 12.1 Å². The van der Waals surface area contributed by atoms with Crippen molar-refractivity contribution in [2.24, 2.45) is 16.8 Å². The van der Waals surface area contributed by atoms with Crippen LogP contribution >= 0.6 is 0 Å². The van der Waals surface area contributed by atoms with Crippen LogP contribution in [0.4, 0.5) is 18.0 Å². The molecule has 0 spiro atoms. The number of hydrogen-bond donors (Lipinski definition) is 0. The van der Waals surface area contributed by atoms with Gasteiger partial charge in [0.2, 0.25) is 0 Å². The predicted octanol–water partition coefficient (Wildman–Crippen LogP) is 7.59. The van der Waals surface area contributed by atoms with Gasteiger partial charge < -0.3 is 14.7 Å². The van der Waals surface area contributed by atoms with Gasteiger partial charge in [0, 0.05) is 38.8 Å². The van der Waals surface area contributed by atoms with Gasteiger partial charge in [0.25, 0.3) is 5.91 Å². The molecule has 0 aliphatic carbocycles. The third-order valence-corrected chi connectivity index (χ3v) is 8.27. The molecule has 2 aliphatic heterocycles. The lowest BCUT2D eigenvalue weighted by Gasteiger charge is -2.36. The Morgan fingerprint density at radius 1 is 1.11 bits per heavy atom. The fourth-order valence-corrected chi connectivity index (χ4v) is 5.78. The van der Waals surface area contributed by atoms with Crippen LogP contribution in [0.2, 0.25) is 0 Å². The maximum Gasteiger partial charge on any atom is 0.320 e. The lowest BCUT2D eigenvalue weighted by Crippen LogP contribution is -2.46. The standard InChI is InChI=1S/C35H45F3N4O2/c1-8-11-31(27-19-28(36)21-29(37)20-27)42(15-10-3)35(44)40(14-9-2)16-12-24(6)32-25(7)18-30(38)33(39-32)34(43)41-17-13-26(22-41)23(4)5/h8,10,18-21,23,26,31-32H,1,3,6-7,9,11-17,22H2,2,4-5H3/t26-,31+,32?/m1/s1. The Kier molecular flexibility index (Phi) is 12.4. The summed E-state index contributed by atoms with van der Waals surface area (Å²) in [6.07, 6.45) is 6.53. The number of nitrogens with zero attached hydrogens (tertiary/aromatic N) is 4. The number of rotatable bonds is 14. The van der Waals surface area contributed by atoms with E-state index in [1.807, 2.05) is 6.92 Å². The molecule has 3 amide bonds. The summed E-state index contributed by atoms with van der Waals surface area (Å²) >= 11 is 0. The van der Waals surface area contributed by atoms with Crippen LogP contribution in [-0.4, -0.2) is 71.1 Å². The molecule has 44 heavy (non-hydrogen) atoms. The first-order valence-corrected chi connectivity index (χ1v) is 15.3. The average molecular weight is 611 g/mol. The fraction of sp³-hybridized carbons (Fsp3) is 0.457. The van der Waals surface area contributed by atoms with Gasteiger partial charge in [-0.15, -0.1) is 13.2 Å². The summed E-state index contributed by atoms with van der Waals surface area (Å²) in [5.41, 5.74) is 1.06. The monoisotopic (exact) mass is 610 g/mol. The van der Waals surface area contributed by atoms with Crippen LogP contribution in [0, 0.1) is 23.5 Å². The molecule has 6 nitrogen and oxygen atoms in total. The molecule has 0 radical (unpaired) electrons. The van der Waals surface area contributed by atoms with Crippen molar-refractivity contribution in [3.8, 4) is 0 Å². The molecule has 2 aliphatic rings. The molecule has 1 saturated heterocycles. The van der Waals surface area contributed by atoms with E-state index in [1.165, 1.54) is 23.1 Å². The van der Waals surface area contributed by atoms with Gasteiger partial charge in [0.15, 0.2) is 11.5 Å². The molecule has 0 N–H and O–H groups in total. The SMILES string of the molecule is C=CC[C@@H](c1cc(F)cc(F)c1)N(CC=C)C(=O)N(CCC)CCC(=C)C1N=C(C(=O)N2CC[C@@H](C(C)C)C2)C(F)=CC1=C. The second kappa shape index (κ2) is 15.7. The number of likely N-dealkylation sites (tertiary alicyclic amines) is 1. The Hall–Kier alpha value is -3.88. The van der Waals surface area contributed by atoms with Crippen molar-refractivity contribution in [3.63, 3.8) is 0 Å². The molecule has 1 unspecified atom stereocenters. The smallest absolute Gasteiger partial charge is 0.320 e. The van der Waals surface area contributed by atoms with Gasteiger partial charge in [-0.3, -0.25) is 9.79 Å². The van der Waals surface area contributed by atoms with E-state index in [-0.39, 0.29) is 31.3 Å². The molecular weight excluding hydrogens is 565 g/mol. The van der Waals surface area contributed by atoms with Crippen LogP contribution in [0.15, 0.2) is 84.7 Å². The van der Waals surface area contributed by atoms with Crippen LogP contribution in [0.1, 0.15) is 58.1 Å². The van der Waals surface area contributed by atoms with E-state index in [9.17, 15) is 22.8 Å². The van der Waals surface area contributed by atoms with E-state index in [1.54, 1.807) is 22.0 Å². The van der Waals surface area contributed by atoms with Gasteiger partial charge in [-0.25, -0.2) is 18.0 Å². The first-order chi connectivity index (χ1) is 20.9. The molecule has 0 saturated carbocycles. The van der Waals surface area contributed by atoms with Crippen molar-refractivity contribution in [2.75, 3.05) is 32.7 Å². The number of halogens is 3. The minimum atomic E-state index is -0.733. The number of amides is 3. The highest BCUT2D eigenvalue weighted by atomic mass is 19.1. The zero-order chi connectivity index (χ0) is 32.6.